The van der Waals surface area contributed by atoms with E-state index in [9.17, 15) is 14.7 Å². The van der Waals surface area contributed by atoms with Crippen LogP contribution in [0.4, 0.5) is 0 Å². The minimum atomic E-state index is -1.04. The maximum absolute atomic E-state index is 12.9. The van der Waals surface area contributed by atoms with Crippen LogP contribution in [0, 0.1) is 17.3 Å². The van der Waals surface area contributed by atoms with E-state index < -0.39 is 24.1 Å². The number of hydrogen-bond donors (Lipinski definition) is 1. The fraction of sp³-hybridized carbons (Fsp3) is 0.429. The molecule has 4 rings (SSSR count). The van der Waals surface area contributed by atoms with Gasteiger partial charge >= 0.3 is 11.9 Å². The summed E-state index contributed by atoms with van der Waals surface area (Å²) in [5, 5.41) is 11.0. The molecular weight excluding hydrogens is 600 g/mol. The summed E-state index contributed by atoms with van der Waals surface area (Å²) in [6, 6.07) is 27.0. The van der Waals surface area contributed by atoms with Crippen molar-refractivity contribution in [3.05, 3.63) is 115 Å². The Morgan fingerprint density at radius 3 is 2.25 bits per heavy atom. The summed E-state index contributed by atoms with van der Waals surface area (Å²) in [6.07, 6.45) is 13.7. The summed E-state index contributed by atoms with van der Waals surface area (Å²) < 4.78 is 17.0. The monoisotopic (exact) mass is 652 g/mol. The zero-order valence-electron chi connectivity index (χ0n) is 28.9. The van der Waals surface area contributed by atoms with Gasteiger partial charge in [-0.2, -0.15) is 0 Å². The first-order valence-corrected chi connectivity index (χ1v) is 17.4. The maximum atomic E-state index is 12.9. The van der Waals surface area contributed by atoms with Gasteiger partial charge in [-0.25, -0.2) is 9.59 Å². The molecule has 0 heterocycles. The Bertz CT molecular complexity index is 1460. The summed E-state index contributed by atoms with van der Waals surface area (Å²) in [4.78, 5) is 25.5. The molecule has 48 heavy (non-hydrogen) atoms. The summed E-state index contributed by atoms with van der Waals surface area (Å²) in [5.74, 6) is 0.267. The minimum Gasteiger partial charge on any atom is -0.490 e. The van der Waals surface area contributed by atoms with Gasteiger partial charge in [0.2, 0.25) is 6.10 Å². The summed E-state index contributed by atoms with van der Waals surface area (Å²) in [6.45, 7) is 6.45. The second-order valence-electron chi connectivity index (χ2n) is 13.4. The van der Waals surface area contributed by atoms with Gasteiger partial charge in [-0.1, -0.05) is 119 Å². The van der Waals surface area contributed by atoms with E-state index in [-0.39, 0.29) is 23.9 Å². The molecule has 3 aromatic rings. The number of esters is 2. The number of methoxy groups -OCH3 is 1. The molecule has 2 unspecified atom stereocenters. The molecule has 1 saturated carbocycles. The van der Waals surface area contributed by atoms with Crippen LogP contribution in [0.3, 0.4) is 0 Å². The van der Waals surface area contributed by atoms with Gasteiger partial charge in [0.25, 0.3) is 0 Å². The third-order valence-corrected chi connectivity index (χ3v) is 9.48. The Hall–Kier alpha value is -4.16. The SMILES string of the molecule is CCCCC(C)(C)C(O)C=C[C@H]1CC[C@@H](Oc2ccccc2)[C@@H]1CCC=CCC(OC(=O)c1ccc(-c2ccccc2)cc1)C(=O)OC. The van der Waals surface area contributed by atoms with Crippen molar-refractivity contribution in [1.29, 1.82) is 0 Å². The zero-order chi connectivity index (χ0) is 34.4. The molecule has 1 aliphatic carbocycles. The highest BCUT2D eigenvalue weighted by atomic mass is 16.6. The fourth-order valence-electron chi connectivity index (χ4n) is 6.39. The van der Waals surface area contributed by atoms with Crippen LogP contribution in [-0.2, 0) is 14.3 Å². The van der Waals surface area contributed by atoms with Crippen LogP contribution in [0.15, 0.2) is 109 Å². The van der Waals surface area contributed by atoms with Crippen LogP contribution < -0.4 is 4.74 Å². The van der Waals surface area contributed by atoms with Crippen molar-refractivity contribution in [2.45, 2.75) is 90.4 Å². The number of unbranched alkanes of at least 4 members (excludes halogenated alkanes) is 1. The number of aliphatic hydroxyl groups is 1. The van der Waals surface area contributed by atoms with E-state index in [0.717, 1.165) is 61.8 Å². The summed E-state index contributed by atoms with van der Waals surface area (Å²) in [5.41, 5.74) is 2.24. The highest BCUT2D eigenvalue weighted by Crippen LogP contribution is 2.39. The average molecular weight is 653 g/mol. The second kappa shape index (κ2) is 18.4. The molecule has 6 nitrogen and oxygen atoms in total. The molecule has 0 saturated heterocycles. The average Bonchev–Trinajstić information content (AvgIpc) is 3.49. The van der Waals surface area contributed by atoms with Crippen molar-refractivity contribution >= 4 is 11.9 Å². The van der Waals surface area contributed by atoms with E-state index in [0.29, 0.717) is 11.5 Å². The van der Waals surface area contributed by atoms with E-state index in [2.05, 4.69) is 26.8 Å². The Kier molecular flexibility index (Phi) is 14.1. The molecule has 0 aliphatic heterocycles. The van der Waals surface area contributed by atoms with E-state index >= 15 is 0 Å². The van der Waals surface area contributed by atoms with Gasteiger partial charge in [-0.05, 0) is 78.8 Å². The van der Waals surface area contributed by atoms with Gasteiger partial charge in [0.05, 0.1) is 18.8 Å². The van der Waals surface area contributed by atoms with Crippen LogP contribution in [0.5, 0.6) is 5.75 Å². The fourth-order valence-corrected chi connectivity index (χ4v) is 6.39. The lowest BCUT2D eigenvalue weighted by Crippen LogP contribution is -2.28. The van der Waals surface area contributed by atoms with Crippen molar-refractivity contribution in [2.24, 2.45) is 17.3 Å². The van der Waals surface area contributed by atoms with Gasteiger partial charge in [-0.15, -0.1) is 0 Å². The topological polar surface area (TPSA) is 82.1 Å². The van der Waals surface area contributed by atoms with Crippen molar-refractivity contribution < 1.29 is 28.9 Å². The largest absolute Gasteiger partial charge is 0.490 e. The molecule has 3 aromatic carbocycles. The molecule has 5 atom stereocenters. The third-order valence-electron chi connectivity index (χ3n) is 9.48. The van der Waals surface area contributed by atoms with Gasteiger partial charge < -0.3 is 19.3 Å². The molecule has 0 aromatic heterocycles. The quantitative estimate of drug-likeness (QED) is 0.116. The van der Waals surface area contributed by atoms with Crippen molar-refractivity contribution in [2.75, 3.05) is 7.11 Å². The first-order valence-electron chi connectivity index (χ1n) is 17.4. The van der Waals surface area contributed by atoms with E-state index in [1.165, 1.54) is 7.11 Å². The molecule has 1 fully saturated rings. The molecule has 0 bridgehead atoms. The van der Waals surface area contributed by atoms with Crippen molar-refractivity contribution in [3.63, 3.8) is 0 Å². The molecular formula is C42H52O6. The van der Waals surface area contributed by atoms with Gasteiger partial charge in [0, 0.05) is 12.3 Å². The first kappa shape index (κ1) is 36.7. The Morgan fingerprint density at radius 2 is 1.58 bits per heavy atom. The molecule has 256 valence electrons. The normalized spacial score (nSPS) is 19.3. The van der Waals surface area contributed by atoms with E-state index in [1.54, 1.807) is 12.1 Å². The summed E-state index contributed by atoms with van der Waals surface area (Å²) in [7, 11) is 1.30. The van der Waals surface area contributed by atoms with Gasteiger partial charge in [0.15, 0.2) is 0 Å². The lowest BCUT2D eigenvalue weighted by molar-refractivity contribution is -0.150. The molecule has 0 amide bonds. The first-order chi connectivity index (χ1) is 23.2. The van der Waals surface area contributed by atoms with E-state index in [1.807, 2.05) is 91.0 Å². The smallest absolute Gasteiger partial charge is 0.347 e. The third kappa shape index (κ3) is 10.7. The molecule has 1 N–H and O–H groups in total. The molecule has 1 aliphatic rings. The standard InChI is InChI=1S/C42H52O6/c1-5-6-30-42(2,3)39(43)29-27-33-26-28-37(47-35-18-12-8-13-19-35)36(33)20-14-9-15-21-38(41(45)46-4)48-40(44)34-24-22-32(23-25-34)31-16-10-7-11-17-31/h7-13,15-19,22-25,27,29,33,36-39,43H,5-6,14,20-21,26,28,30H2,1-4H3/t33-,36-,37-,38?,39?/m1/s1. The number of benzene rings is 3. The number of ether oxygens (including phenoxy) is 3. The highest BCUT2D eigenvalue weighted by molar-refractivity contribution is 5.92. The number of hydrogen-bond acceptors (Lipinski definition) is 6. The van der Waals surface area contributed by atoms with E-state index in [4.69, 9.17) is 14.2 Å². The van der Waals surface area contributed by atoms with Gasteiger partial charge in [0.1, 0.15) is 11.9 Å². The van der Waals surface area contributed by atoms with Crippen LogP contribution in [0.25, 0.3) is 11.1 Å². The Morgan fingerprint density at radius 1 is 0.917 bits per heavy atom. The highest BCUT2D eigenvalue weighted by Gasteiger charge is 2.36. The number of rotatable bonds is 17. The molecule has 6 heteroatoms. The number of carbonyl (C=O) groups is 2. The maximum Gasteiger partial charge on any atom is 0.347 e. The van der Waals surface area contributed by atoms with Crippen LogP contribution in [0.1, 0.15) is 82.5 Å². The van der Waals surface area contributed by atoms with Gasteiger partial charge in [-0.3, -0.25) is 0 Å². The lowest BCUT2D eigenvalue weighted by Gasteiger charge is -2.29. The predicted molar refractivity (Wildman–Crippen MR) is 192 cm³/mol. The number of para-hydroxylation sites is 1. The van der Waals surface area contributed by atoms with Crippen molar-refractivity contribution in [3.8, 4) is 16.9 Å². The molecule has 0 radical (unpaired) electrons. The number of aliphatic hydroxyl groups excluding tert-OH is 1. The number of carbonyl (C=O) groups excluding carboxylic acids is 2. The van der Waals surface area contributed by atoms with Crippen LogP contribution >= 0.6 is 0 Å². The minimum absolute atomic E-state index is 0.0674. The van der Waals surface area contributed by atoms with Crippen LogP contribution in [-0.4, -0.2) is 42.5 Å². The van der Waals surface area contributed by atoms with Crippen molar-refractivity contribution in [1.82, 2.24) is 0 Å². The lowest BCUT2D eigenvalue weighted by atomic mass is 9.80. The summed E-state index contributed by atoms with van der Waals surface area (Å²) >= 11 is 0. The molecule has 0 spiro atoms. The second-order valence-corrected chi connectivity index (χ2v) is 13.4. The van der Waals surface area contributed by atoms with Crippen LogP contribution in [0.2, 0.25) is 0 Å². The predicted octanol–water partition coefficient (Wildman–Crippen LogP) is 9.39. The Balaban J connectivity index is 1.36. The Labute approximate surface area is 286 Å². The zero-order valence-corrected chi connectivity index (χ0v) is 28.9. The number of allylic oxidation sites excluding steroid dienone is 2.